The van der Waals surface area contributed by atoms with Crippen LogP contribution in [0.3, 0.4) is 0 Å². The molecule has 0 aromatic carbocycles. The van der Waals surface area contributed by atoms with Crippen LogP contribution in [0.2, 0.25) is 0 Å². The first-order valence-corrected chi connectivity index (χ1v) is 27.1. The van der Waals surface area contributed by atoms with E-state index in [1.165, 1.54) is 12.0 Å². The first-order valence-electron chi connectivity index (χ1n) is 27.1. The Morgan fingerprint density at radius 3 is 2.28 bits per heavy atom. The van der Waals surface area contributed by atoms with Gasteiger partial charge in [0, 0.05) is 71.2 Å². The molecule has 1 amide bonds. The number of nitrogens with zero attached hydrogens (tertiary/aromatic N) is 1. The second-order valence-corrected chi connectivity index (χ2v) is 21.5. The first-order chi connectivity index (χ1) is 34.3. The van der Waals surface area contributed by atoms with Gasteiger partial charge in [0.25, 0.3) is 11.7 Å². The number of ketones is 3. The standard InChI is InChI=1S/C57H91NO14/c1-11-12-28-69-47-25-23-43(33-50(47)67-9)32-39(5)49-35-46(60)38(4)31-41(7)52(62)53(68-10)51(61)40(6)30-36(2)19-14-13-15-20-37(3)48(70-29-18-27-59)34-44-24-22-42(8)57(66,72-44)54(63)55(64)58-26-17-16-21-45(58)56(65)71-49/h13-15,19-20,31,36,38-40,42-45,47-50,52-53,59,62,66H,11-12,16-18,21-30,32-35H2,1-10H3/b15-13+,19-14+,37-20+,41-31+/t36-,38-,39-,40-,42-,43+,44+,45+,47-,48?,49+,50-,52-,53+,57-/m1/s1. The number of aliphatic hydroxyl groups excluding tert-OH is 2. The molecule has 0 aromatic heterocycles. The number of piperidine rings is 1. The number of aliphatic hydroxyl groups is 3. The number of carbonyl (C=O) groups excluding carboxylic acids is 5. The molecule has 3 N–H and O–H groups in total. The van der Waals surface area contributed by atoms with Crippen molar-refractivity contribution in [3.05, 3.63) is 47.6 Å². The van der Waals surface area contributed by atoms with Crippen molar-refractivity contribution >= 4 is 29.2 Å². The van der Waals surface area contributed by atoms with Crippen molar-refractivity contribution in [3.63, 3.8) is 0 Å². The summed E-state index contributed by atoms with van der Waals surface area (Å²) < 4.78 is 36.6. The summed E-state index contributed by atoms with van der Waals surface area (Å²) in [7, 11) is 3.08. The van der Waals surface area contributed by atoms with Gasteiger partial charge in [-0.15, -0.1) is 0 Å². The minimum atomic E-state index is -2.47. The van der Waals surface area contributed by atoms with E-state index in [0.29, 0.717) is 57.1 Å². The van der Waals surface area contributed by atoms with Crippen LogP contribution >= 0.6 is 0 Å². The molecule has 3 fully saturated rings. The molecule has 1 saturated carbocycles. The second-order valence-electron chi connectivity index (χ2n) is 21.5. The van der Waals surface area contributed by atoms with Gasteiger partial charge in [-0.2, -0.15) is 0 Å². The van der Waals surface area contributed by atoms with E-state index in [-0.39, 0.29) is 80.5 Å². The van der Waals surface area contributed by atoms with Crippen LogP contribution in [0.15, 0.2) is 47.6 Å². The number of carbonyl (C=O) groups is 5. The van der Waals surface area contributed by atoms with Crippen LogP contribution in [0.4, 0.5) is 0 Å². The van der Waals surface area contributed by atoms with Crippen molar-refractivity contribution in [3.8, 4) is 0 Å². The molecule has 0 spiro atoms. The number of hydrogen-bond donors (Lipinski definition) is 3. The van der Waals surface area contributed by atoms with E-state index < -0.39 is 77.8 Å². The van der Waals surface area contributed by atoms with E-state index >= 15 is 0 Å². The number of esters is 1. The summed E-state index contributed by atoms with van der Waals surface area (Å²) >= 11 is 0. The minimum absolute atomic E-state index is 0.00131. The van der Waals surface area contributed by atoms with Gasteiger partial charge in [0.1, 0.15) is 30.1 Å². The Kier molecular flexibility index (Phi) is 25.7. The predicted molar refractivity (Wildman–Crippen MR) is 274 cm³/mol. The molecule has 0 radical (unpaired) electrons. The number of amides is 1. The smallest absolute Gasteiger partial charge is 0.329 e. The summed E-state index contributed by atoms with van der Waals surface area (Å²) in [5.41, 5.74) is 1.23. The third kappa shape index (κ3) is 17.3. The highest BCUT2D eigenvalue weighted by Crippen LogP contribution is 2.38. The van der Waals surface area contributed by atoms with Crippen LogP contribution in [-0.2, 0) is 52.4 Å². The van der Waals surface area contributed by atoms with Gasteiger partial charge in [-0.25, -0.2) is 4.79 Å². The molecule has 2 bridgehead atoms. The van der Waals surface area contributed by atoms with Crippen LogP contribution in [0.5, 0.6) is 0 Å². The van der Waals surface area contributed by atoms with Crippen molar-refractivity contribution in [1.29, 1.82) is 0 Å². The van der Waals surface area contributed by atoms with Crippen molar-refractivity contribution in [2.45, 2.75) is 206 Å². The maximum Gasteiger partial charge on any atom is 0.329 e. The molecule has 15 nitrogen and oxygen atoms in total. The minimum Gasteiger partial charge on any atom is -0.460 e. The van der Waals surface area contributed by atoms with Gasteiger partial charge in [0.05, 0.1) is 24.4 Å². The molecule has 15 heteroatoms. The Labute approximate surface area is 430 Å². The molecule has 3 aliphatic heterocycles. The van der Waals surface area contributed by atoms with Gasteiger partial charge in [-0.1, -0.05) is 84.4 Å². The van der Waals surface area contributed by atoms with Crippen LogP contribution < -0.4 is 0 Å². The summed E-state index contributed by atoms with van der Waals surface area (Å²) in [6.07, 6.45) is 14.7. The topological polar surface area (TPSA) is 205 Å². The van der Waals surface area contributed by atoms with Crippen molar-refractivity contribution < 1.29 is 67.7 Å². The lowest BCUT2D eigenvalue weighted by Gasteiger charge is -2.43. The SMILES string of the molecule is CCCCO[C@@H]1CC[C@@H](C[C@@H](C)[C@@H]2CC(=O)[C@H](C)/C=C(\C)[C@@H](O)[C@@H](OC)C(=O)[C@H](C)C[C@H](C)/C=C/C=C/C=C(\C)C(OCCCO)C[C@@H]3CC[C@@H](C)[C@@](O)(O3)C(=O)C(=O)N3CCCC[C@H]3C(=O)O2)C[C@H]1OC. The van der Waals surface area contributed by atoms with E-state index in [1.807, 2.05) is 58.1 Å². The average molecular weight is 1010 g/mol. The Balaban J connectivity index is 1.71. The molecule has 1 aliphatic carbocycles. The number of methoxy groups -OCH3 is 2. The molecule has 0 aromatic rings. The Morgan fingerprint density at radius 1 is 0.847 bits per heavy atom. The molecule has 1 unspecified atom stereocenters. The maximum atomic E-state index is 14.6. The average Bonchev–Trinajstić information content (AvgIpc) is 3.36. The zero-order chi connectivity index (χ0) is 53.1. The summed E-state index contributed by atoms with van der Waals surface area (Å²) in [6, 6.07) is -1.15. The third-order valence-electron chi connectivity index (χ3n) is 15.6. The molecule has 2 saturated heterocycles. The van der Waals surface area contributed by atoms with Crippen LogP contribution in [-0.4, -0.2) is 145 Å². The first kappa shape index (κ1) is 61.1. The van der Waals surface area contributed by atoms with E-state index in [0.717, 1.165) is 37.7 Å². The lowest BCUT2D eigenvalue weighted by Crippen LogP contribution is -2.61. The van der Waals surface area contributed by atoms with Gasteiger partial charge in [-0.3, -0.25) is 19.2 Å². The zero-order valence-corrected chi connectivity index (χ0v) is 45.3. The van der Waals surface area contributed by atoms with Crippen molar-refractivity contribution in [2.75, 3.05) is 40.6 Å². The van der Waals surface area contributed by atoms with Crippen LogP contribution in [0, 0.1) is 35.5 Å². The molecule has 4 rings (SSSR count). The molecule has 3 heterocycles. The largest absolute Gasteiger partial charge is 0.460 e. The van der Waals surface area contributed by atoms with E-state index in [4.69, 9.17) is 28.4 Å². The predicted octanol–water partition coefficient (Wildman–Crippen LogP) is 7.76. The molecule has 72 heavy (non-hydrogen) atoms. The quantitative estimate of drug-likeness (QED) is 0.0699. The van der Waals surface area contributed by atoms with Gasteiger partial charge in [-0.05, 0) is 120 Å². The summed E-state index contributed by atoms with van der Waals surface area (Å²) in [5, 5.41) is 33.1. The molecule has 15 atom stereocenters. The third-order valence-corrected chi connectivity index (χ3v) is 15.6. The summed E-state index contributed by atoms with van der Waals surface area (Å²) in [5.74, 6) is -7.95. The fourth-order valence-corrected chi connectivity index (χ4v) is 10.9. The number of rotatable bonds is 13. The molecule has 408 valence electrons. The lowest BCUT2D eigenvalue weighted by molar-refractivity contribution is -0.266. The second kappa shape index (κ2) is 30.2. The summed E-state index contributed by atoms with van der Waals surface area (Å²) in [4.78, 5) is 72.7. The van der Waals surface area contributed by atoms with Crippen molar-refractivity contribution in [2.24, 2.45) is 35.5 Å². The van der Waals surface area contributed by atoms with E-state index in [2.05, 4.69) is 6.92 Å². The van der Waals surface area contributed by atoms with Gasteiger partial charge in [0.15, 0.2) is 5.78 Å². The number of allylic oxidation sites excluding steroid dienone is 6. The number of cyclic esters (lactones) is 1. The number of hydrogen-bond acceptors (Lipinski definition) is 14. The summed E-state index contributed by atoms with van der Waals surface area (Å²) in [6.45, 7) is 15.8. The van der Waals surface area contributed by atoms with Gasteiger partial charge in [0.2, 0.25) is 5.79 Å². The number of Topliss-reactive ketones (excluding diaryl/α,β-unsaturated/α-hetero) is 3. The Bertz CT molecular complexity index is 1880. The monoisotopic (exact) mass is 1010 g/mol. The highest BCUT2D eigenvalue weighted by atomic mass is 16.6. The zero-order valence-electron chi connectivity index (χ0n) is 45.3. The van der Waals surface area contributed by atoms with Crippen molar-refractivity contribution in [1.82, 2.24) is 4.90 Å². The number of ether oxygens (including phenoxy) is 6. The molecule has 4 aliphatic rings. The number of fused-ring (bicyclic) bond motifs is 3. The number of unbranched alkanes of at least 4 members (excludes halogenated alkanes) is 1. The van der Waals surface area contributed by atoms with Crippen LogP contribution in [0.25, 0.3) is 0 Å². The molecular weight excluding hydrogens is 923 g/mol. The fraction of sp³-hybridized carbons (Fsp3) is 0.772. The van der Waals surface area contributed by atoms with Gasteiger partial charge >= 0.3 is 5.97 Å². The molecular formula is C57H91NO14. The Hall–Kier alpha value is -3.41. The van der Waals surface area contributed by atoms with E-state index in [1.54, 1.807) is 34.0 Å². The van der Waals surface area contributed by atoms with E-state index in [9.17, 15) is 39.3 Å². The van der Waals surface area contributed by atoms with Gasteiger partial charge < -0.3 is 48.6 Å². The lowest BCUT2D eigenvalue weighted by atomic mass is 9.78. The normalized spacial score (nSPS) is 37.7. The highest BCUT2D eigenvalue weighted by molar-refractivity contribution is 6.39. The maximum absolute atomic E-state index is 14.6. The fourth-order valence-electron chi connectivity index (χ4n) is 10.9. The Morgan fingerprint density at radius 2 is 1.58 bits per heavy atom. The highest BCUT2D eigenvalue weighted by Gasteiger charge is 2.53. The van der Waals surface area contributed by atoms with Crippen LogP contribution in [0.1, 0.15) is 152 Å².